The summed E-state index contributed by atoms with van der Waals surface area (Å²) >= 11 is 0. The van der Waals surface area contributed by atoms with E-state index in [1.807, 2.05) is 0 Å². The minimum atomic E-state index is 0. The van der Waals surface area contributed by atoms with Crippen LogP contribution in [0.1, 0.15) is 12.8 Å². The molecular weight excluding hydrogens is 188 g/mol. The van der Waals surface area contributed by atoms with Crippen molar-refractivity contribution in [1.29, 1.82) is 0 Å². The van der Waals surface area contributed by atoms with Crippen LogP contribution in [0.5, 0.6) is 0 Å². The van der Waals surface area contributed by atoms with Gasteiger partial charge in [-0.3, -0.25) is 0 Å². The molecule has 0 heterocycles. The zero-order valence-electron chi connectivity index (χ0n) is 8.22. The van der Waals surface area contributed by atoms with Crippen molar-refractivity contribution in [3.05, 3.63) is 0 Å². The first kappa shape index (κ1) is 15.6. The number of nitrogens with two attached hydrogens (primary N) is 2. The predicted octanol–water partition coefficient (Wildman–Crippen LogP) is -0.715. The van der Waals surface area contributed by atoms with Gasteiger partial charge < -0.3 is 22.1 Å². The quantitative estimate of drug-likeness (QED) is 0.379. The molecule has 0 bridgehead atoms. The number of hydrogen-bond acceptors (Lipinski definition) is 4. The van der Waals surface area contributed by atoms with Crippen LogP contribution in [0.4, 0.5) is 0 Å². The molecule has 0 aliphatic carbocycles. The number of halogens is 1. The molecule has 0 aliphatic heterocycles. The highest BCUT2D eigenvalue weighted by molar-refractivity contribution is 5.85. The normalized spacial score (nSPS) is 9.69. The third-order valence-corrected chi connectivity index (χ3v) is 1.60. The minimum Gasteiger partial charge on any atom is -0.329 e. The Balaban J connectivity index is 0. The first-order valence-electron chi connectivity index (χ1n) is 4.73. The highest BCUT2D eigenvalue weighted by Crippen LogP contribution is 1.83. The van der Waals surface area contributed by atoms with E-state index in [9.17, 15) is 0 Å². The molecule has 0 aromatic rings. The molecule has 5 heteroatoms. The van der Waals surface area contributed by atoms with Gasteiger partial charge in [-0.15, -0.1) is 12.4 Å². The second kappa shape index (κ2) is 14.6. The summed E-state index contributed by atoms with van der Waals surface area (Å²) in [4.78, 5) is 0. The molecule has 0 saturated carbocycles. The molecule has 0 unspecified atom stereocenters. The van der Waals surface area contributed by atoms with Gasteiger partial charge in [-0.25, -0.2) is 0 Å². The molecular formula is C8H23ClN4. The summed E-state index contributed by atoms with van der Waals surface area (Å²) in [5.74, 6) is 0. The van der Waals surface area contributed by atoms with Crippen molar-refractivity contribution in [2.75, 3.05) is 39.3 Å². The molecule has 0 atom stereocenters. The lowest BCUT2D eigenvalue weighted by Gasteiger charge is -2.03. The molecule has 0 radical (unpaired) electrons. The summed E-state index contributed by atoms with van der Waals surface area (Å²) in [5.41, 5.74) is 10.6. The Hall–Kier alpha value is 0.130. The topological polar surface area (TPSA) is 76.1 Å². The van der Waals surface area contributed by atoms with Crippen molar-refractivity contribution >= 4 is 12.4 Å². The predicted molar refractivity (Wildman–Crippen MR) is 60.3 cm³/mol. The van der Waals surface area contributed by atoms with Crippen LogP contribution in [0.2, 0.25) is 0 Å². The Morgan fingerprint density at radius 2 is 1.08 bits per heavy atom. The van der Waals surface area contributed by atoms with E-state index >= 15 is 0 Å². The van der Waals surface area contributed by atoms with E-state index < -0.39 is 0 Å². The van der Waals surface area contributed by atoms with Gasteiger partial charge in [0, 0.05) is 26.2 Å². The molecule has 0 aliphatic rings. The zero-order chi connectivity index (χ0) is 9.07. The summed E-state index contributed by atoms with van der Waals surface area (Å²) in [7, 11) is 0. The van der Waals surface area contributed by atoms with Gasteiger partial charge in [-0.1, -0.05) is 0 Å². The van der Waals surface area contributed by atoms with Crippen LogP contribution in [0, 0.1) is 0 Å². The Kier molecular flexibility index (Phi) is 17.6. The van der Waals surface area contributed by atoms with Crippen LogP contribution >= 0.6 is 12.4 Å². The largest absolute Gasteiger partial charge is 0.329 e. The molecule has 6 N–H and O–H groups in total. The van der Waals surface area contributed by atoms with Crippen molar-refractivity contribution in [2.45, 2.75) is 12.8 Å². The maximum atomic E-state index is 5.32. The number of nitrogens with one attached hydrogen (secondary N) is 2. The lowest BCUT2D eigenvalue weighted by Crippen LogP contribution is -2.26. The summed E-state index contributed by atoms with van der Waals surface area (Å²) in [6.45, 7) is 5.45. The van der Waals surface area contributed by atoms with Crippen molar-refractivity contribution in [3.8, 4) is 0 Å². The number of unbranched alkanes of at least 4 members (excludes halogenated alkanes) is 1. The van der Waals surface area contributed by atoms with Crippen LogP contribution in [0.3, 0.4) is 0 Å². The van der Waals surface area contributed by atoms with Gasteiger partial charge in [0.1, 0.15) is 0 Å². The van der Waals surface area contributed by atoms with E-state index in [0.29, 0.717) is 0 Å². The van der Waals surface area contributed by atoms with Crippen LogP contribution in [-0.4, -0.2) is 39.3 Å². The molecule has 13 heavy (non-hydrogen) atoms. The third kappa shape index (κ3) is 14.9. The fraction of sp³-hybridized carbons (Fsp3) is 1.00. The average Bonchev–Trinajstić information content (AvgIpc) is 2.10. The maximum absolute atomic E-state index is 5.32. The summed E-state index contributed by atoms with van der Waals surface area (Å²) in [5, 5.41) is 6.50. The minimum absolute atomic E-state index is 0. The Bertz CT molecular complexity index is 72.5. The van der Waals surface area contributed by atoms with E-state index in [4.69, 9.17) is 11.5 Å². The van der Waals surface area contributed by atoms with E-state index in [2.05, 4.69) is 10.6 Å². The van der Waals surface area contributed by atoms with Crippen molar-refractivity contribution < 1.29 is 0 Å². The summed E-state index contributed by atoms with van der Waals surface area (Å²) in [6.07, 6.45) is 2.41. The van der Waals surface area contributed by atoms with Gasteiger partial charge in [0.2, 0.25) is 0 Å². The number of rotatable bonds is 9. The van der Waals surface area contributed by atoms with Crippen LogP contribution < -0.4 is 22.1 Å². The lowest BCUT2D eigenvalue weighted by atomic mass is 10.3. The summed E-state index contributed by atoms with van der Waals surface area (Å²) in [6, 6.07) is 0. The van der Waals surface area contributed by atoms with Gasteiger partial charge in [0.25, 0.3) is 0 Å². The molecule has 0 saturated heterocycles. The van der Waals surface area contributed by atoms with E-state index in [0.717, 1.165) is 39.3 Å². The highest BCUT2D eigenvalue weighted by Gasteiger charge is 1.87. The smallest absolute Gasteiger partial charge is 0.00745 e. The third-order valence-electron chi connectivity index (χ3n) is 1.60. The van der Waals surface area contributed by atoms with E-state index in [-0.39, 0.29) is 12.4 Å². The lowest BCUT2D eigenvalue weighted by molar-refractivity contribution is 0.588. The standard InChI is InChI=1S/C8H22N4.ClH/c9-3-7-11-5-1-2-6-12-8-4-10;/h11-12H,1-10H2;1H. The molecule has 82 valence electrons. The van der Waals surface area contributed by atoms with Gasteiger partial charge >= 0.3 is 0 Å². The molecule has 0 fully saturated rings. The van der Waals surface area contributed by atoms with E-state index in [1.54, 1.807) is 0 Å². The first-order chi connectivity index (χ1) is 5.91. The molecule has 0 aromatic carbocycles. The van der Waals surface area contributed by atoms with Gasteiger partial charge in [0.05, 0.1) is 0 Å². The Morgan fingerprint density at radius 3 is 1.38 bits per heavy atom. The first-order valence-corrected chi connectivity index (χ1v) is 4.73. The molecule has 4 nitrogen and oxygen atoms in total. The molecule has 0 aromatic heterocycles. The fourth-order valence-electron chi connectivity index (χ4n) is 0.954. The van der Waals surface area contributed by atoms with Crippen molar-refractivity contribution in [3.63, 3.8) is 0 Å². The zero-order valence-corrected chi connectivity index (χ0v) is 9.04. The van der Waals surface area contributed by atoms with Gasteiger partial charge in [0.15, 0.2) is 0 Å². The molecule has 0 amide bonds. The molecule has 0 rings (SSSR count). The van der Waals surface area contributed by atoms with Gasteiger partial charge in [-0.2, -0.15) is 0 Å². The number of hydrogen-bond donors (Lipinski definition) is 4. The van der Waals surface area contributed by atoms with Crippen molar-refractivity contribution in [1.82, 2.24) is 10.6 Å². The van der Waals surface area contributed by atoms with Crippen LogP contribution in [0.25, 0.3) is 0 Å². The van der Waals surface area contributed by atoms with Crippen molar-refractivity contribution in [2.24, 2.45) is 11.5 Å². The highest BCUT2D eigenvalue weighted by atomic mass is 35.5. The summed E-state index contributed by atoms with van der Waals surface area (Å²) < 4.78 is 0. The average molecular weight is 211 g/mol. The van der Waals surface area contributed by atoms with Crippen LogP contribution in [-0.2, 0) is 0 Å². The SMILES string of the molecule is Cl.NCCNCCCCNCCN. The van der Waals surface area contributed by atoms with Gasteiger partial charge in [-0.05, 0) is 25.9 Å². The van der Waals surface area contributed by atoms with Crippen LogP contribution in [0.15, 0.2) is 0 Å². The van der Waals surface area contributed by atoms with E-state index in [1.165, 1.54) is 12.8 Å². The second-order valence-corrected chi connectivity index (χ2v) is 2.78. The molecule has 0 spiro atoms. The maximum Gasteiger partial charge on any atom is 0.00745 e. The second-order valence-electron chi connectivity index (χ2n) is 2.78. The monoisotopic (exact) mass is 210 g/mol. The Labute approximate surface area is 87.2 Å². The Morgan fingerprint density at radius 1 is 0.692 bits per heavy atom. The fourth-order valence-corrected chi connectivity index (χ4v) is 0.954.